The number of ether oxygens (including phenoxy) is 1. The Morgan fingerprint density at radius 3 is 2.50 bits per heavy atom. The normalized spacial score (nSPS) is 12.6. The van der Waals surface area contributed by atoms with Gasteiger partial charge in [-0.1, -0.05) is 20.8 Å². The quantitative estimate of drug-likeness (QED) is 0.782. The van der Waals surface area contributed by atoms with E-state index in [-0.39, 0.29) is 12.0 Å². The van der Waals surface area contributed by atoms with Gasteiger partial charge in [0.1, 0.15) is 0 Å². The SMILES string of the molecule is COc1nc(N)nc(NCC(C)C(C)C)n1. The van der Waals surface area contributed by atoms with Crippen molar-refractivity contribution in [2.45, 2.75) is 20.8 Å². The van der Waals surface area contributed by atoms with Crippen LogP contribution in [0, 0.1) is 11.8 Å². The van der Waals surface area contributed by atoms with E-state index in [2.05, 4.69) is 41.0 Å². The van der Waals surface area contributed by atoms with E-state index in [1.165, 1.54) is 7.11 Å². The van der Waals surface area contributed by atoms with E-state index in [0.29, 0.717) is 17.8 Å². The minimum atomic E-state index is 0.159. The first-order valence-corrected chi connectivity index (χ1v) is 5.32. The smallest absolute Gasteiger partial charge is 0.322 e. The molecule has 1 aromatic rings. The lowest BCUT2D eigenvalue weighted by Gasteiger charge is -2.16. The van der Waals surface area contributed by atoms with Crippen LogP contribution < -0.4 is 15.8 Å². The largest absolute Gasteiger partial charge is 0.467 e. The molecule has 0 fully saturated rings. The molecule has 0 saturated heterocycles. The number of nitrogens with two attached hydrogens (primary N) is 1. The van der Waals surface area contributed by atoms with Crippen molar-refractivity contribution in [3.05, 3.63) is 0 Å². The summed E-state index contributed by atoms with van der Waals surface area (Å²) in [5.41, 5.74) is 5.52. The van der Waals surface area contributed by atoms with Gasteiger partial charge < -0.3 is 15.8 Å². The maximum Gasteiger partial charge on any atom is 0.322 e. The summed E-state index contributed by atoms with van der Waals surface area (Å²) in [5, 5.41) is 3.12. The van der Waals surface area contributed by atoms with E-state index in [1.54, 1.807) is 0 Å². The van der Waals surface area contributed by atoms with Crippen molar-refractivity contribution in [2.24, 2.45) is 11.8 Å². The third-order valence-electron chi connectivity index (χ3n) is 2.53. The second kappa shape index (κ2) is 5.48. The molecule has 6 nitrogen and oxygen atoms in total. The fourth-order valence-corrected chi connectivity index (χ4v) is 1.03. The molecule has 0 saturated carbocycles. The van der Waals surface area contributed by atoms with Crippen LogP contribution in [-0.4, -0.2) is 28.6 Å². The van der Waals surface area contributed by atoms with Crippen molar-refractivity contribution in [1.82, 2.24) is 15.0 Å². The standard InChI is InChI=1S/C10H19N5O/c1-6(2)7(3)5-12-9-13-8(11)14-10(15-9)16-4/h6-7H,5H2,1-4H3,(H3,11,12,13,14,15). The minimum absolute atomic E-state index is 0.159. The lowest BCUT2D eigenvalue weighted by molar-refractivity contribution is 0.379. The van der Waals surface area contributed by atoms with Crippen LogP contribution in [0.4, 0.5) is 11.9 Å². The molecule has 0 amide bonds. The maximum absolute atomic E-state index is 5.52. The van der Waals surface area contributed by atoms with Gasteiger partial charge in [-0.25, -0.2) is 0 Å². The fourth-order valence-electron chi connectivity index (χ4n) is 1.03. The molecule has 1 atom stereocenters. The van der Waals surface area contributed by atoms with Gasteiger partial charge in [-0.05, 0) is 11.8 Å². The van der Waals surface area contributed by atoms with Crippen molar-refractivity contribution in [3.8, 4) is 6.01 Å². The first kappa shape index (κ1) is 12.5. The highest BCUT2D eigenvalue weighted by molar-refractivity contribution is 5.32. The first-order chi connectivity index (χ1) is 7.52. The van der Waals surface area contributed by atoms with E-state index in [0.717, 1.165) is 6.54 Å². The Hall–Kier alpha value is -1.59. The molecule has 90 valence electrons. The second-order valence-electron chi connectivity index (χ2n) is 4.11. The Kier molecular flexibility index (Phi) is 4.28. The summed E-state index contributed by atoms with van der Waals surface area (Å²) in [4.78, 5) is 11.8. The number of aromatic nitrogens is 3. The number of nitrogens with one attached hydrogen (secondary N) is 1. The molecular weight excluding hydrogens is 206 g/mol. The van der Waals surface area contributed by atoms with Crippen LogP contribution in [0.15, 0.2) is 0 Å². The average Bonchev–Trinajstić information content (AvgIpc) is 2.24. The highest BCUT2D eigenvalue weighted by Gasteiger charge is 2.09. The highest BCUT2D eigenvalue weighted by atomic mass is 16.5. The number of nitrogens with zero attached hydrogens (tertiary/aromatic N) is 3. The van der Waals surface area contributed by atoms with E-state index in [4.69, 9.17) is 10.5 Å². The van der Waals surface area contributed by atoms with Crippen LogP contribution in [0.5, 0.6) is 6.01 Å². The first-order valence-electron chi connectivity index (χ1n) is 5.32. The molecule has 1 rings (SSSR count). The zero-order valence-electron chi connectivity index (χ0n) is 10.2. The van der Waals surface area contributed by atoms with Crippen LogP contribution in [0.3, 0.4) is 0 Å². The van der Waals surface area contributed by atoms with Crippen LogP contribution in [0.2, 0.25) is 0 Å². The summed E-state index contributed by atoms with van der Waals surface area (Å²) in [5.74, 6) is 1.75. The molecule has 1 unspecified atom stereocenters. The van der Waals surface area contributed by atoms with Crippen molar-refractivity contribution in [3.63, 3.8) is 0 Å². The zero-order valence-corrected chi connectivity index (χ0v) is 10.2. The van der Waals surface area contributed by atoms with E-state index in [9.17, 15) is 0 Å². The molecule has 0 radical (unpaired) electrons. The summed E-state index contributed by atoms with van der Waals surface area (Å²) in [7, 11) is 1.50. The van der Waals surface area contributed by atoms with Crippen molar-refractivity contribution >= 4 is 11.9 Å². The summed E-state index contributed by atoms with van der Waals surface area (Å²) in [6.07, 6.45) is 0. The molecule has 0 aliphatic heterocycles. The summed E-state index contributed by atoms with van der Waals surface area (Å²) in [6.45, 7) is 7.31. The fraction of sp³-hybridized carbons (Fsp3) is 0.700. The van der Waals surface area contributed by atoms with Crippen molar-refractivity contribution < 1.29 is 4.74 Å². The molecule has 1 heterocycles. The van der Waals surface area contributed by atoms with Crippen LogP contribution >= 0.6 is 0 Å². The van der Waals surface area contributed by atoms with Gasteiger partial charge in [0.2, 0.25) is 11.9 Å². The van der Waals surface area contributed by atoms with Gasteiger partial charge in [0.25, 0.3) is 0 Å². The topological polar surface area (TPSA) is 86.0 Å². The Labute approximate surface area is 95.6 Å². The Balaban J connectivity index is 2.63. The Morgan fingerprint density at radius 1 is 1.25 bits per heavy atom. The zero-order chi connectivity index (χ0) is 12.1. The Bertz CT molecular complexity index is 342. The molecule has 0 aliphatic rings. The maximum atomic E-state index is 5.52. The second-order valence-corrected chi connectivity index (χ2v) is 4.11. The molecular formula is C10H19N5O. The van der Waals surface area contributed by atoms with E-state index < -0.39 is 0 Å². The number of anilines is 2. The van der Waals surface area contributed by atoms with Crippen LogP contribution in [0.25, 0.3) is 0 Å². The van der Waals surface area contributed by atoms with Gasteiger partial charge >= 0.3 is 6.01 Å². The van der Waals surface area contributed by atoms with Gasteiger partial charge in [0, 0.05) is 6.54 Å². The molecule has 0 aliphatic carbocycles. The minimum Gasteiger partial charge on any atom is -0.467 e. The predicted octanol–water partition coefficient (Wildman–Crippen LogP) is 1.17. The number of hydrogen-bond acceptors (Lipinski definition) is 6. The van der Waals surface area contributed by atoms with Crippen LogP contribution in [0.1, 0.15) is 20.8 Å². The summed E-state index contributed by atoms with van der Waals surface area (Å²) < 4.78 is 4.91. The van der Waals surface area contributed by atoms with Crippen LogP contribution in [-0.2, 0) is 0 Å². The molecule has 0 spiro atoms. The Morgan fingerprint density at radius 2 is 1.94 bits per heavy atom. The van der Waals surface area contributed by atoms with Crippen molar-refractivity contribution in [2.75, 3.05) is 24.7 Å². The number of nitrogen functional groups attached to an aromatic ring is 1. The molecule has 16 heavy (non-hydrogen) atoms. The van der Waals surface area contributed by atoms with Gasteiger partial charge in [-0.2, -0.15) is 15.0 Å². The van der Waals surface area contributed by atoms with Gasteiger partial charge in [-0.15, -0.1) is 0 Å². The number of methoxy groups -OCH3 is 1. The lowest BCUT2D eigenvalue weighted by Crippen LogP contribution is -2.18. The highest BCUT2D eigenvalue weighted by Crippen LogP contribution is 2.12. The van der Waals surface area contributed by atoms with E-state index >= 15 is 0 Å². The molecule has 3 N–H and O–H groups in total. The van der Waals surface area contributed by atoms with E-state index in [1.807, 2.05) is 0 Å². The summed E-state index contributed by atoms with van der Waals surface area (Å²) in [6, 6.07) is 0.229. The molecule has 6 heteroatoms. The lowest BCUT2D eigenvalue weighted by atomic mass is 9.98. The monoisotopic (exact) mass is 225 g/mol. The molecule has 1 aromatic heterocycles. The van der Waals surface area contributed by atoms with Gasteiger partial charge in [-0.3, -0.25) is 0 Å². The number of rotatable bonds is 5. The van der Waals surface area contributed by atoms with Gasteiger partial charge in [0.05, 0.1) is 7.11 Å². The van der Waals surface area contributed by atoms with Crippen molar-refractivity contribution in [1.29, 1.82) is 0 Å². The third-order valence-corrected chi connectivity index (χ3v) is 2.53. The molecule has 0 aromatic carbocycles. The third kappa shape index (κ3) is 3.52. The molecule has 0 bridgehead atoms. The average molecular weight is 225 g/mol. The number of hydrogen-bond donors (Lipinski definition) is 2. The predicted molar refractivity (Wildman–Crippen MR) is 63.3 cm³/mol. The summed E-state index contributed by atoms with van der Waals surface area (Å²) >= 11 is 0. The van der Waals surface area contributed by atoms with Gasteiger partial charge in [0.15, 0.2) is 0 Å².